The summed E-state index contributed by atoms with van der Waals surface area (Å²) in [5, 5.41) is 7.06. The average molecular weight is 181 g/mol. The van der Waals surface area contributed by atoms with E-state index in [0.717, 1.165) is 12.2 Å². The Kier molecular flexibility index (Phi) is 2.20. The standard InChI is InChI=1S/C9H15N3O/c1-6(2)5-8-11-9(13-12-8)10-7-3-4-7/h6-7H,3-5H2,1-2H3,(H,10,11,12). The highest BCUT2D eigenvalue weighted by molar-refractivity contribution is 5.23. The monoisotopic (exact) mass is 181 g/mol. The molecule has 0 aromatic carbocycles. The summed E-state index contributed by atoms with van der Waals surface area (Å²) >= 11 is 0. The first-order valence-corrected chi connectivity index (χ1v) is 4.83. The zero-order chi connectivity index (χ0) is 9.26. The minimum Gasteiger partial charge on any atom is -0.335 e. The molecule has 0 bridgehead atoms. The fraction of sp³-hybridized carbons (Fsp3) is 0.778. The fourth-order valence-electron chi connectivity index (χ4n) is 1.16. The summed E-state index contributed by atoms with van der Waals surface area (Å²) in [7, 11) is 0. The Morgan fingerprint density at radius 1 is 1.54 bits per heavy atom. The van der Waals surface area contributed by atoms with Crippen LogP contribution in [0.3, 0.4) is 0 Å². The number of hydrogen-bond acceptors (Lipinski definition) is 4. The van der Waals surface area contributed by atoms with Crippen molar-refractivity contribution in [2.75, 3.05) is 5.32 Å². The topological polar surface area (TPSA) is 51.0 Å². The van der Waals surface area contributed by atoms with Gasteiger partial charge in [0, 0.05) is 12.5 Å². The minimum atomic E-state index is 0.575. The van der Waals surface area contributed by atoms with Gasteiger partial charge in [0.25, 0.3) is 0 Å². The molecule has 2 rings (SSSR count). The van der Waals surface area contributed by atoms with Gasteiger partial charge in [-0.25, -0.2) is 0 Å². The Morgan fingerprint density at radius 3 is 2.92 bits per heavy atom. The van der Waals surface area contributed by atoms with Gasteiger partial charge in [-0.2, -0.15) is 4.98 Å². The van der Waals surface area contributed by atoms with Crippen molar-refractivity contribution in [3.8, 4) is 0 Å². The summed E-state index contributed by atoms with van der Waals surface area (Å²) in [4.78, 5) is 4.24. The summed E-state index contributed by atoms with van der Waals surface area (Å²) in [6, 6.07) is 1.16. The molecule has 1 N–H and O–H groups in total. The molecule has 1 fully saturated rings. The quantitative estimate of drug-likeness (QED) is 0.770. The molecule has 1 aromatic rings. The first kappa shape index (κ1) is 8.53. The molecule has 0 radical (unpaired) electrons. The number of nitrogens with zero attached hydrogens (tertiary/aromatic N) is 2. The van der Waals surface area contributed by atoms with Crippen molar-refractivity contribution in [1.29, 1.82) is 0 Å². The van der Waals surface area contributed by atoms with Gasteiger partial charge in [-0.05, 0) is 18.8 Å². The number of aromatic nitrogens is 2. The van der Waals surface area contributed by atoms with E-state index in [1.54, 1.807) is 0 Å². The molecule has 4 nitrogen and oxygen atoms in total. The smallest absolute Gasteiger partial charge is 0.321 e. The first-order valence-electron chi connectivity index (χ1n) is 4.83. The van der Waals surface area contributed by atoms with Crippen LogP contribution in [-0.2, 0) is 6.42 Å². The van der Waals surface area contributed by atoms with Crippen LogP contribution in [0.1, 0.15) is 32.5 Å². The second-order valence-corrected chi connectivity index (χ2v) is 4.03. The van der Waals surface area contributed by atoms with Crippen LogP contribution in [0.25, 0.3) is 0 Å². The lowest BCUT2D eigenvalue weighted by atomic mass is 10.1. The van der Waals surface area contributed by atoms with Gasteiger partial charge in [0.2, 0.25) is 0 Å². The molecule has 1 heterocycles. The van der Waals surface area contributed by atoms with Gasteiger partial charge in [0.15, 0.2) is 5.82 Å². The van der Waals surface area contributed by atoms with E-state index >= 15 is 0 Å². The van der Waals surface area contributed by atoms with Crippen LogP contribution in [-0.4, -0.2) is 16.2 Å². The van der Waals surface area contributed by atoms with Gasteiger partial charge in [0.05, 0.1) is 0 Å². The van der Waals surface area contributed by atoms with Gasteiger partial charge in [0.1, 0.15) is 0 Å². The van der Waals surface area contributed by atoms with Crippen LogP contribution in [0, 0.1) is 5.92 Å². The maximum Gasteiger partial charge on any atom is 0.321 e. The Bertz CT molecular complexity index is 260. The van der Waals surface area contributed by atoms with Crippen LogP contribution < -0.4 is 5.32 Å². The van der Waals surface area contributed by atoms with Crippen LogP contribution in [0.4, 0.5) is 6.01 Å². The molecule has 0 atom stereocenters. The molecular formula is C9H15N3O. The second-order valence-electron chi connectivity index (χ2n) is 4.03. The number of hydrogen-bond donors (Lipinski definition) is 1. The van der Waals surface area contributed by atoms with Crippen molar-refractivity contribution in [1.82, 2.24) is 10.1 Å². The molecule has 0 spiro atoms. The molecule has 1 saturated carbocycles. The molecule has 0 aliphatic heterocycles. The van der Waals surface area contributed by atoms with Crippen LogP contribution in [0.5, 0.6) is 0 Å². The largest absolute Gasteiger partial charge is 0.335 e. The Balaban J connectivity index is 1.91. The molecule has 1 aromatic heterocycles. The second kappa shape index (κ2) is 3.36. The molecule has 0 unspecified atom stereocenters. The Morgan fingerprint density at radius 2 is 2.31 bits per heavy atom. The van der Waals surface area contributed by atoms with E-state index in [4.69, 9.17) is 4.52 Å². The lowest BCUT2D eigenvalue weighted by molar-refractivity contribution is 0.417. The van der Waals surface area contributed by atoms with Crippen molar-refractivity contribution in [2.24, 2.45) is 5.92 Å². The lowest BCUT2D eigenvalue weighted by Gasteiger charge is -1.96. The van der Waals surface area contributed by atoms with Crippen LogP contribution in [0.15, 0.2) is 4.52 Å². The van der Waals surface area contributed by atoms with E-state index in [-0.39, 0.29) is 0 Å². The summed E-state index contributed by atoms with van der Waals surface area (Å²) in [5.74, 6) is 1.38. The van der Waals surface area contributed by atoms with Crippen LogP contribution >= 0.6 is 0 Å². The number of anilines is 1. The van der Waals surface area contributed by atoms with Crippen molar-refractivity contribution in [2.45, 2.75) is 39.2 Å². The zero-order valence-corrected chi connectivity index (χ0v) is 8.08. The number of rotatable bonds is 4. The maximum absolute atomic E-state index is 5.04. The first-order chi connectivity index (χ1) is 6.24. The highest BCUT2D eigenvalue weighted by atomic mass is 16.5. The predicted octanol–water partition coefficient (Wildman–Crippen LogP) is 1.84. The molecule has 1 aliphatic rings. The zero-order valence-electron chi connectivity index (χ0n) is 8.08. The van der Waals surface area contributed by atoms with Crippen molar-refractivity contribution >= 4 is 6.01 Å². The van der Waals surface area contributed by atoms with Gasteiger partial charge >= 0.3 is 6.01 Å². The maximum atomic E-state index is 5.04. The Hall–Kier alpha value is -1.06. The lowest BCUT2D eigenvalue weighted by Crippen LogP contribution is -2.01. The van der Waals surface area contributed by atoms with E-state index in [0.29, 0.717) is 18.0 Å². The normalized spacial score (nSPS) is 16.5. The summed E-state index contributed by atoms with van der Waals surface area (Å²) in [6.45, 7) is 4.29. The minimum absolute atomic E-state index is 0.575. The van der Waals surface area contributed by atoms with Gasteiger partial charge in [-0.1, -0.05) is 19.0 Å². The molecule has 0 saturated heterocycles. The highest BCUT2D eigenvalue weighted by Crippen LogP contribution is 2.23. The predicted molar refractivity (Wildman–Crippen MR) is 49.5 cm³/mol. The molecule has 0 amide bonds. The summed E-state index contributed by atoms with van der Waals surface area (Å²) in [6.07, 6.45) is 3.33. The molecule has 72 valence electrons. The molecule has 4 heteroatoms. The third-order valence-electron chi connectivity index (χ3n) is 1.96. The van der Waals surface area contributed by atoms with Crippen molar-refractivity contribution < 1.29 is 4.52 Å². The van der Waals surface area contributed by atoms with Crippen molar-refractivity contribution in [3.63, 3.8) is 0 Å². The highest BCUT2D eigenvalue weighted by Gasteiger charge is 2.23. The molecule has 1 aliphatic carbocycles. The third-order valence-corrected chi connectivity index (χ3v) is 1.96. The summed E-state index contributed by atoms with van der Waals surface area (Å²) < 4.78 is 5.04. The van der Waals surface area contributed by atoms with E-state index in [9.17, 15) is 0 Å². The molecule has 13 heavy (non-hydrogen) atoms. The van der Waals surface area contributed by atoms with Gasteiger partial charge in [-0.3, -0.25) is 0 Å². The van der Waals surface area contributed by atoms with Crippen LogP contribution in [0.2, 0.25) is 0 Å². The molecular weight excluding hydrogens is 166 g/mol. The van der Waals surface area contributed by atoms with E-state index in [1.165, 1.54) is 12.8 Å². The van der Waals surface area contributed by atoms with Gasteiger partial charge in [-0.15, -0.1) is 0 Å². The summed E-state index contributed by atoms with van der Waals surface area (Å²) in [5.41, 5.74) is 0. The fourth-order valence-corrected chi connectivity index (χ4v) is 1.16. The van der Waals surface area contributed by atoms with E-state index < -0.39 is 0 Å². The average Bonchev–Trinajstić information content (AvgIpc) is 2.73. The SMILES string of the molecule is CC(C)Cc1noc(NC2CC2)n1. The Labute approximate surface area is 77.7 Å². The van der Waals surface area contributed by atoms with Crippen molar-refractivity contribution in [3.05, 3.63) is 5.82 Å². The van der Waals surface area contributed by atoms with E-state index in [1.807, 2.05) is 0 Å². The van der Waals surface area contributed by atoms with E-state index in [2.05, 4.69) is 29.3 Å². The third kappa shape index (κ3) is 2.44. The van der Waals surface area contributed by atoms with Gasteiger partial charge < -0.3 is 9.84 Å². The number of nitrogens with one attached hydrogen (secondary N) is 1.